The summed E-state index contributed by atoms with van der Waals surface area (Å²) < 4.78 is 5.44. The van der Waals surface area contributed by atoms with Crippen LogP contribution in [0, 0.1) is 6.92 Å². The number of aryl methyl sites for hydroxylation is 1. The summed E-state index contributed by atoms with van der Waals surface area (Å²) in [4.78, 5) is 16.7. The highest BCUT2D eigenvalue weighted by Gasteiger charge is 2.10. The van der Waals surface area contributed by atoms with E-state index in [0.29, 0.717) is 23.0 Å². The Bertz CT molecular complexity index is 942. The Morgan fingerprint density at radius 2 is 1.85 bits per heavy atom. The molecule has 3 aromatic rings. The maximum atomic E-state index is 12.5. The van der Waals surface area contributed by atoms with Crippen molar-refractivity contribution in [1.82, 2.24) is 4.98 Å². The molecule has 0 bridgehead atoms. The van der Waals surface area contributed by atoms with Gasteiger partial charge in [0, 0.05) is 28.3 Å². The molecule has 27 heavy (non-hydrogen) atoms. The number of amides is 1. The van der Waals surface area contributed by atoms with Gasteiger partial charge in [-0.2, -0.15) is 0 Å². The molecule has 2 aromatic carbocycles. The molecule has 1 amide bonds. The van der Waals surface area contributed by atoms with Crippen molar-refractivity contribution in [2.75, 3.05) is 17.2 Å². The number of rotatable bonds is 6. The average Bonchev–Trinajstić information content (AvgIpc) is 2.67. The fraction of sp³-hybridized carbons (Fsp3) is 0.143. The smallest absolute Gasteiger partial charge is 0.274 e. The molecule has 0 atom stereocenters. The van der Waals surface area contributed by atoms with E-state index in [0.717, 1.165) is 22.7 Å². The van der Waals surface area contributed by atoms with Crippen molar-refractivity contribution < 1.29 is 9.53 Å². The zero-order chi connectivity index (χ0) is 19.2. The molecule has 3 rings (SSSR count). The number of aromatic nitrogens is 1. The first-order valence-corrected chi connectivity index (χ1v) is 8.96. The van der Waals surface area contributed by atoms with Gasteiger partial charge in [0.05, 0.1) is 6.61 Å². The highest BCUT2D eigenvalue weighted by Crippen LogP contribution is 2.22. The number of benzene rings is 2. The highest BCUT2D eigenvalue weighted by molar-refractivity contribution is 6.31. The molecule has 138 valence electrons. The number of carbonyl (C=O) groups excluding carboxylic acids is 1. The van der Waals surface area contributed by atoms with Gasteiger partial charge >= 0.3 is 0 Å². The molecule has 0 unspecified atom stereocenters. The molecule has 2 N–H and O–H groups in total. The Hall–Kier alpha value is -3.05. The molecule has 0 fully saturated rings. The maximum absolute atomic E-state index is 12.5. The van der Waals surface area contributed by atoms with Gasteiger partial charge in [-0.25, -0.2) is 0 Å². The van der Waals surface area contributed by atoms with Crippen molar-refractivity contribution in [3.05, 3.63) is 77.1 Å². The number of pyridine rings is 1. The third-order valence-corrected chi connectivity index (χ3v) is 4.13. The quantitative estimate of drug-likeness (QED) is 0.597. The second-order valence-corrected chi connectivity index (χ2v) is 6.36. The van der Waals surface area contributed by atoms with E-state index in [-0.39, 0.29) is 5.91 Å². The number of hydrogen-bond acceptors (Lipinski definition) is 4. The van der Waals surface area contributed by atoms with Gasteiger partial charge in [-0.15, -0.1) is 0 Å². The van der Waals surface area contributed by atoms with Crippen LogP contribution < -0.4 is 15.4 Å². The number of anilines is 3. The minimum Gasteiger partial charge on any atom is -0.494 e. The second kappa shape index (κ2) is 8.56. The molecule has 0 radical (unpaired) electrons. The van der Waals surface area contributed by atoms with Crippen molar-refractivity contribution >= 4 is 34.6 Å². The summed E-state index contributed by atoms with van der Waals surface area (Å²) in [6, 6.07) is 16.5. The van der Waals surface area contributed by atoms with Gasteiger partial charge in [0.2, 0.25) is 0 Å². The fourth-order valence-corrected chi connectivity index (χ4v) is 2.69. The number of ether oxygens (including phenoxy) is 1. The van der Waals surface area contributed by atoms with Crippen molar-refractivity contribution in [2.24, 2.45) is 0 Å². The zero-order valence-electron chi connectivity index (χ0n) is 15.1. The summed E-state index contributed by atoms with van der Waals surface area (Å²) in [6.45, 7) is 4.48. The van der Waals surface area contributed by atoms with Gasteiger partial charge in [0.1, 0.15) is 11.4 Å². The molecule has 0 aliphatic rings. The van der Waals surface area contributed by atoms with E-state index in [4.69, 9.17) is 16.3 Å². The summed E-state index contributed by atoms with van der Waals surface area (Å²) in [6.07, 6.45) is 1.59. The van der Waals surface area contributed by atoms with E-state index in [1.165, 1.54) is 0 Å². The lowest BCUT2D eigenvalue weighted by Crippen LogP contribution is -2.14. The SMILES string of the molecule is CCOc1ccc(Nc2ccnc(C(=O)Nc3cc(Cl)ccc3C)c2)cc1. The predicted octanol–water partition coefficient (Wildman–Crippen LogP) is 5.44. The molecular weight excluding hydrogens is 362 g/mol. The Labute approximate surface area is 163 Å². The number of nitrogens with zero attached hydrogens (tertiary/aromatic N) is 1. The van der Waals surface area contributed by atoms with Crippen LogP contribution in [0.1, 0.15) is 23.0 Å². The summed E-state index contributed by atoms with van der Waals surface area (Å²) >= 11 is 6.01. The van der Waals surface area contributed by atoms with Crippen LogP contribution in [0.4, 0.5) is 17.1 Å². The van der Waals surface area contributed by atoms with Crippen LogP contribution in [-0.4, -0.2) is 17.5 Å². The third kappa shape index (κ3) is 4.99. The molecule has 0 saturated heterocycles. The first-order valence-electron chi connectivity index (χ1n) is 8.58. The summed E-state index contributed by atoms with van der Waals surface area (Å²) in [5.41, 5.74) is 3.56. The Morgan fingerprint density at radius 1 is 1.07 bits per heavy atom. The summed E-state index contributed by atoms with van der Waals surface area (Å²) in [7, 11) is 0. The normalized spacial score (nSPS) is 10.3. The predicted molar refractivity (Wildman–Crippen MR) is 109 cm³/mol. The third-order valence-electron chi connectivity index (χ3n) is 3.89. The maximum Gasteiger partial charge on any atom is 0.274 e. The first kappa shape index (κ1) is 18.7. The summed E-state index contributed by atoms with van der Waals surface area (Å²) in [5, 5.41) is 6.67. The largest absolute Gasteiger partial charge is 0.494 e. The topological polar surface area (TPSA) is 63.2 Å². The van der Waals surface area contributed by atoms with Gasteiger partial charge in [0.25, 0.3) is 5.91 Å². The lowest BCUT2D eigenvalue weighted by atomic mass is 10.2. The van der Waals surface area contributed by atoms with Crippen molar-refractivity contribution in [1.29, 1.82) is 0 Å². The molecule has 1 aromatic heterocycles. The fourth-order valence-electron chi connectivity index (χ4n) is 2.52. The van der Waals surface area contributed by atoms with Crippen molar-refractivity contribution in [3.63, 3.8) is 0 Å². The van der Waals surface area contributed by atoms with Crippen molar-refractivity contribution in [3.8, 4) is 5.75 Å². The van der Waals surface area contributed by atoms with E-state index in [2.05, 4.69) is 15.6 Å². The Morgan fingerprint density at radius 3 is 2.59 bits per heavy atom. The minimum absolute atomic E-state index is 0.296. The van der Waals surface area contributed by atoms with Crippen molar-refractivity contribution in [2.45, 2.75) is 13.8 Å². The number of nitrogens with one attached hydrogen (secondary N) is 2. The van der Waals surface area contributed by atoms with Gasteiger partial charge in [0.15, 0.2) is 0 Å². The van der Waals surface area contributed by atoms with Gasteiger partial charge in [-0.05, 0) is 67.9 Å². The molecule has 0 spiro atoms. The second-order valence-electron chi connectivity index (χ2n) is 5.93. The van der Waals surface area contributed by atoms with Gasteiger partial charge < -0.3 is 15.4 Å². The molecule has 0 saturated carbocycles. The summed E-state index contributed by atoms with van der Waals surface area (Å²) in [5.74, 6) is 0.519. The minimum atomic E-state index is -0.296. The van der Waals surface area contributed by atoms with E-state index >= 15 is 0 Å². The number of halogens is 1. The Balaban J connectivity index is 1.72. The molecule has 0 aliphatic heterocycles. The van der Waals surface area contributed by atoms with E-state index in [9.17, 15) is 4.79 Å². The molecule has 1 heterocycles. The van der Waals surface area contributed by atoms with Crippen LogP contribution in [-0.2, 0) is 0 Å². The average molecular weight is 382 g/mol. The van der Waals surface area contributed by atoms with Crippen LogP contribution in [0.15, 0.2) is 60.8 Å². The molecular formula is C21H20ClN3O2. The van der Waals surface area contributed by atoms with E-state index in [1.54, 1.807) is 30.5 Å². The first-order chi connectivity index (χ1) is 13.0. The van der Waals surface area contributed by atoms with E-state index in [1.807, 2.05) is 44.2 Å². The van der Waals surface area contributed by atoms with Crippen LogP contribution in [0.25, 0.3) is 0 Å². The lowest BCUT2D eigenvalue weighted by Gasteiger charge is -2.11. The number of hydrogen-bond donors (Lipinski definition) is 2. The monoisotopic (exact) mass is 381 g/mol. The van der Waals surface area contributed by atoms with Gasteiger partial charge in [-0.3, -0.25) is 9.78 Å². The molecule has 5 nitrogen and oxygen atoms in total. The van der Waals surface area contributed by atoms with Crippen LogP contribution >= 0.6 is 11.6 Å². The molecule has 0 aliphatic carbocycles. The Kier molecular flexibility index (Phi) is 5.94. The van der Waals surface area contributed by atoms with Crippen LogP contribution in [0.5, 0.6) is 5.75 Å². The molecule has 6 heteroatoms. The highest BCUT2D eigenvalue weighted by atomic mass is 35.5. The lowest BCUT2D eigenvalue weighted by molar-refractivity contribution is 0.102. The van der Waals surface area contributed by atoms with Crippen LogP contribution in [0.2, 0.25) is 5.02 Å². The van der Waals surface area contributed by atoms with Gasteiger partial charge in [-0.1, -0.05) is 17.7 Å². The standard InChI is InChI=1S/C21H20ClN3O2/c1-3-27-18-8-6-16(7-9-18)24-17-10-11-23-20(13-17)21(26)25-19-12-15(22)5-4-14(19)2/h4-13H,3H2,1-2H3,(H,23,24)(H,25,26). The van der Waals surface area contributed by atoms with Crippen LogP contribution in [0.3, 0.4) is 0 Å². The zero-order valence-corrected chi connectivity index (χ0v) is 15.9. The van der Waals surface area contributed by atoms with E-state index < -0.39 is 0 Å². The number of carbonyl (C=O) groups is 1.